The van der Waals surface area contributed by atoms with Crippen LogP contribution in [0.3, 0.4) is 0 Å². The van der Waals surface area contributed by atoms with Gasteiger partial charge in [0.05, 0.1) is 0 Å². The number of aromatic nitrogens is 3. The van der Waals surface area contributed by atoms with E-state index in [1.54, 1.807) is 11.8 Å². The first-order valence-electron chi connectivity index (χ1n) is 6.59. The number of benzene rings is 2. The largest absolute Gasteiger partial charge is 0.274 e. The maximum Gasteiger partial charge on any atom is 0.196 e. The van der Waals surface area contributed by atoms with E-state index in [2.05, 4.69) is 33.0 Å². The van der Waals surface area contributed by atoms with Gasteiger partial charge in [0.1, 0.15) is 5.82 Å². The summed E-state index contributed by atoms with van der Waals surface area (Å²) in [6.07, 6.45) is 0. The number of hydrogen-bond donors (Lipinski definition) is 0. The molecule has 106 valence electrons. The van der Waals surface area contributed by atoms with Crippen molar-refractivity contribution >= 4 is 23.4 Å². The van der Waals surface area contributed by atoms with Crippen LogP contribution in [0.4, 0.5) is 0 Å². The van der Waals surface area contributed by atoms with E-state index < -0.39 is 0 Å². The lowest BCUT2D eigenvalue weighted by molar-refractivity contribution is 0.868. The highest BCUT2D eigenvalue weighted by Crippen LogP contribution is 2.25. The zero-order valence-corrected chi connectivity index (χ0v) is 13.1. The molecule has 0 amide bonds. The van der Waals surface area contributed by atoms with Gasteiger partial charge in [-0.05, 0) is 36.8 Å². The molecule has 1 heterocycles. The monoisotopic (exact) mass is 315 g/mol. The molecular formula is C16H14ClN3S. The standard InChI is InChI=1S/C16H14ClN3S/c1-12-18-19-16(20(12)15-8-3-2-4-9-15)21-11-13-6-5-7-14(17)10-13/h2-10H,11H2,1H3. The molecule has 0 aliphatic rings. The van der Waals surface area contributed by atoms with Gasteiger partial charge < -0.3 is 0 Å². The van der Waals surface area contributed by atoms with Crippen molar-refractivity contribution in [2.24, 2.45) is 0 Å². The zero-order chi connectivity index (χ0) is 14.7. The lowest BCUT2D eigenvalue weighted by Crippen LogP contribution is -1.98. The lowest BCUT2D eigenvalue weighted by Gasteiger charge is -2.08. The van der Waals surface area contributed by atoms with Gasteiger partial charge >= 0.3 is 0 Å². The number of halogens is 1. The maximum atomic E-state index is 6.02. The summed E-state index contributed by atoms with van der Waals surface area (Å²) in [5.74, 6) is 1.70. The molecule has 2 aromatic carbocycles. The summed E-state index contributed by atoms with van der Waals surface area (Å²) in [6.45, 7) is 1.96. The van der Waals surface area contributed by atoms with Crippen LogP contribution in [0.15, 0.2) is 59.8 Å². The third-order valence-corrected chi connectivity index (χ3v) is 4.30. The molecule has 0 unspecified atom stereocenters. The van der Waals surface area contributed by atoms with Crippen molar-refractivity contribution in [2.45, 2.75) is 17.8 Å². The van der Waals surface area contributed by atoms with Crippen LogP contribution >= 0.6 is 23.4 Å². The normalized spacial score (nSPS) is 10.8. The second kappa shape index (κ2) is 6.33. The summed E-state index contributed by atoms with van der Waals surface area (Å²) >= 11 is 7.67. The minimum Gasteiger partial charge on any atom is -0.274 e. The molecule has 1 aromatic heterocycles. The molecule has 0 N–H and O–H groups in total. The van der Waals surface area contributed by atoms with Gasteiger partial charge in [-0.3, -0.25) is 4.57 Å². The fraction of sp³-hybridized carbons (Fsp3) is 0.125. The van der Waals surface area contributed by atoms with E-state index in [1.165, 1.54) is 5.56 Å². The van der Waals surface area contributed by atoms with Crippen LogP contribution < -0.4 is 0 Å². The van der Waals surface area contributed by atoms with E-state index >= 15 is 0 Å². The summed E-state index contributed by atoms with van der Waals surface area (Å²) in [5, 5.41) is 10.1. The van der Waals surface area contributed by atoms with Crippen LogP contribution in [0.1, 0.15) is 11.4 Å². The van der Waals surface area contributed by atoms with Crippen molar-refractivity contribution in [1.82, 2.24) is 14.8 Å². The van der Waals surface area contributed by atoms with Crippen LogP contribution in [0.5, 0.6) is 0 Å². The molecule has 0 spiro atoms. The highest BCUT2D eigenvalue weighted by atomic mass is 35.5. The van der Waals surface area contributed by atoms with Crippen LogP contribution in [-0.4, -0.2) is 14.8 Å². The smallest absolute Gasteiger partial charge is 0.196 e. The first-order chi connectivity index (χ1) is 10.2. The van der Waals surface area contributed by atoms with E-state index in [1.807, 2.05) is 43.3 Å². The van der Waals surface area contributed by atoms with Gasteiger partial charge in [0.15, 0.2) is 5.16 Å². The molecule has 0 saturated heterocycles. The average molecular weight is 316 g/mol. The Kier molecular flexibility index (Phi) is 4.27. The van der Waals surface area contributed by atoms with Gasteiger partial charge in [0.2, 0.25) is 0 Å². The lowest BCUT2D eigenvalue weighted by atomic mass is 10.2. The molecule has 0 atom stereocenters. The molecule has 0 bridgehead atoms. The zero-order valence-electron chi connectivity index (χ0n) is 11.5. The Morgan fingerprint density at radius 3 is 2.62 bits per heavy atom. The topological polar surface area (TPSA) is 30.7 Å². The Morgan fingerprint density at radius 2 is 1.86 bits per heavy atom. The molecule has 5 heteroatoms. The number of rotatable bonds is 4. The van der Waals surface area contributed by atoms with E-state index in [4.69, 9.17) is 11.6 Å². The van der Waals surface area contributed by atoms with Crippen molar-refractivity contribution in [3.63, 3.8) is 0 Å². The third kappa shape index (κ3) is 3.28. The number of para-hydroxylation sites is 1. The number of thioether (sulfide) groups is 1. The molecule has 21 heavy (non-hydrogen) atoms. The molecule has 0 aliphatic heterocycles. The average Bonchev–Trinajstić information content (AvgIpc) is 2.87. The molecule has 0 saturated carbocycles. The Morgan fingerprint density at radius 1 is 1.05 bits per heavy atom. The van der Waals surface area contributed by atoms with Crippen LogP contribution in [0, 0.1) is 6.92 Å². The summed E-state index contributed by atoms with van der Waals surface area (Å²) in [7, 11) is 0. The maximum absolute atomic E-state index is 6.02. The van der Waals surface area contributed by atoms with E-state index in [0.29, 0.717) is 0 Å². The Bertz CT molecular complexity index is 740. The first-order valence-corrected chi connectivity index (χ1v) is 7.95. The molecule has 3 rings (SSSR count). The quantitative estimate of drug-likeness (QED) is 0.663. The van der Waals surface area contributed by atoms with Gasteiger partial charge in [-0.25, -0.2) is 0 Å². The number of nitrogens with zero attached hydrogens (tertiary/aromatic N) is 3. The van der Waals surface area contributed by atoms with E-state index in [0.717, 1.165) is 27.4 Å². The van der Waals surface area contributed by atoms with Gasteiger partial charge in [-0.1, -0.05) is 53.7 Å². The molecule has 3 nitrogen and oxygen atoms in total. The van der Waals surface area contributed by atoms with Gasteiger partial charge in [0.25, 0.3) is 0 Å². The van der Waals surface area contributed by atoms with Crippen LogP contribution in [-0.2, 0) is 5.75 Å². The van der Waals surface area contributed by atoms with Crippen molar-refractivity contribution in [3.8, 4) is 5.69 Å². The Hall–Kier alpha value is -1.78. The third-order valence-electron chi connectivity index (χ3n) is 3.07. The molecule has 0 radical (unpaired) electrons. The first kappa shape index (κ1) is 14.2. The van der Waals surface area contributed by atoms with Crippen molar-refractivity contribution in [2.75, 3.05) is 0 Å². The molecule has 0 aliphatic carbocycles. The summed E-state index contributed by atoms with van der Waals surface area (Å²) < 4.78 is 2.06. The molecule has 3 aromatic rings. The minimum absolute atomic E-state index is 0.758. The predicted octanol–water partition coefficient (Wildman–Crippen LogP) is 4.52. The van der Waals surface area contributed by atoms with Crippen molar-refractivity contribution in [1.29, 1.82) is 0 Å². The predicted molar refractivity (Wildman–Crippen MR) is 87.1 cm³/mol. The van der Waals surface area contributed by atoms with Crippen molar-refractivity contribution in [3.05, 3.63) is 71.0 Å². The SMILES string of the molecule is Cc1nnc(SCc2cccc(Cl)c2)n1-c1ccccc1. The number of aryl methyl sites for hydroxylation is 1. The fourth-order valence-electron chi connectivity index (χ4n) is 2.09. The van der Waals surface area contributed by atoms with Gasteiger partial charge in [0, 0.05) is 16.5 Å². The Balaban J connectivity index is 1.84. The Labute approximate surface area is 133 Å². The summed E-state index contributed by atoms with van der Waals surface area (Å²) in [6, 6.07) is 18.0. The van der Waals surface area contributed by atoms with Gasteiger partial charge in [-0.15, -0.1) is 10.2 Å². The summed E-state index contributed by atoms with van der Waals surface area (Å²) in [4.78, 5) is 0. The minimum atomic E-state index is 0.758. The second-order valence-corrected chi connectivity index (χ2v) is 6.00. The fourth-order valence-corrected chi connectivity index (χ4v) is 3.24. The van der Waals surface area contributed by atoms with Crippen molar-refractivity contribution < 1.29 is 0 Å². The van der Waals surface area contributed by atoms with E-state index in [9.17, 15) is 0 Å². The molecular weight excluding hydrogens is 302 g/mol. The second-order valence-electron chi connectivity index (χ2n) is 4.62. The highest BCUT2D eigenvalue weighted by Gasteiger charge is 2.11. The summed E-state index contributed by atoms with van der Waals surface area (Å²) in [5.41, 5.74) is 2.25. The number of hydrogen-bond acceptors (Lipinski definition) is 3. The highest BCUT2D eigenvalue weighted by molar-refractivity contribution is 7.98. The molecule has 0 fully saturated rings. The van der Waals surface area contributed by atoms with Gasteiger partial charge in [-0.2, -0.15) is 0 Å². The van der Waals surface area contributed by atoms with Crippen LogP contribution in [0.25, 0.3) is 5.69 Å². The van der Waals surface area contributed by atoms with E-state index in [-0.39, 0.29) is 0 Å². The van der Waals surface area contributed by atoms with Crippen LogP contribution in [0.2, 0.25) is 5.02 Å².